The average molecular weight is 346 g/mol. The largest absolute Gasteiger partial charge is 0.451 e. The van der Waals surface area contributed by atoms with Gasteiger partial charge in [-0.1, -0.05) is 30.5 Å². The van der Waals surface area contributed by atoms with Crippen molar-refractivity contribution in [2.45, 2.75) is 64.6 Å². The maximum Gasteiger partial charge on any atom is 0.329 e. The topological polar surface area (TPSA) is 84.5 Å². The Morgan fingerprint density at radius 2 is 1.84 bits per heavy atom. The molecule has 2 atom stereocenters. The second-order valence-corrected chi connectivity index (χ2v) is 6.63. The first-order valence-corrected chi connectivity index (χ1v) is 8.75. The molecule has 0 aliphatic heterocycles. The maximum atomic E-state index is 12.2. The zero-order valence-corrected chi connectivity index (χ0v) is 15.0. The Morgan fingerprint density at radius 3 is 2.48 bits per heavy atom. The predicted molar refractivity (Wildman–Crippen MR) is 94.1 cm³/mol. The highest BCUT2D eigenvalue weighted by atomic mass is 16.5. The standard InChI is InChI=1S/C19H26N2O4/c1-12-7-6-8-15(11-12)18(23)20-13(2)19(24)25-14(3)17(22)21-16-9-4-5-10-16/h6-8,11,13-14,16H,4-5,9-10H2,1-3H3,(H,20,23)(H,21,22)/t13-,14-/m1/s1. The summed E-state index contributed by atoms with van der Waals surface area (Å²) in [4.78, 5) is 36.3. The number of hydrogen-bond donors (Lipinski definition) is 2. The molecule has 136 valence electrons. The van der Waals surface area contributed by atoms with Crippen LogP contribution in [0.3, 0.4) is 0 Å². The summed E-state index contributed by atoms with van der Waals surface area (Å²) >= 11 is 0. The molecular formula is C19H26N2O4. The molecule has 1 aromatic rings. The highest BCUT2D eigenvalue weighted by Gasteiger charge is 2.25. The Kier molecular flexibility index (Phi) is 6.56. The van der Waals surface area contributed by atoms with Crippen molar-refractivity contribution in [2.75, 3.05) is 0 Å². The van der Waals surface area contributed by atoms with E-state index in [4.69, 9.17) is 4.74 Å². The lowest BCUT2D eigenvalue weighted by Crippen LogP contribution is -2.45. The molecule has 6 heteroatoms. The third-order valence-electron chi connectivity index (χ3n) is 4.35. The van der Waals surface area contributed by atoms with Crippen molar-refractivity contribution in [3.63, 3.8) is 0 Å². The second-order valence-electron chi connectivity index (χ2n) is 6.63. The monoisotopic (exact) mass is 346 g/mol. The molecule has 6 nitrogen and oxygen atoms in total. The van der Waals surface area contributed by atoms with Crippen LogP contribution in [0, 0.1) is 6.92 Å². The van der Waals surface area contributed by atoms with Crippen LogP contribution in [0.1, 0.15) is 55.5 Å². The van der Waals surface area contributed by atoms with Crippen molar-refractivity contribution in [3.05, 3.63) is 35.4 Å². The molecule has 25 heavy (non-hydrogen) atoms. The number of ether oxygens (including phenoxy) is 1. The molecule has 1 aliphatic carbocycles. The molecule has 0 aromatic heterocycles. The Morgan fingerprint density at radius 1 is 1.16 bits per heavy atom. The van der Waals surface area contributed by atoms with Gasteiger partial charge >= 0.3 is 5.97 Å². The summed E-state index contributed by atoms with van der Waals surface area (Å²) in [6.45, 7) is 4.97. The van der Waals surface area contributed by atoms with Gasteiger partial charge in [-0.2, -0.15) is 0 Å². The van der Waals surface area contributed by atoms with E-state index in [9.17, 15) is 14.4 Å². The van der Waals surface area contributed by atoms with Crippen molar-refractivity contribution in [1.29, 1.82) is 0 Å². The van der Waals surface area contributed by atoms with Gasteiger partial charge in [0, 0.05) is 11.6 Å². The number of amides is 2. The van der Waals surface area contributed by atoms with E-state index < -0.39 is 18.1 Å². The number of benzene rings is 1. The number of carbonyl (C=O) groups is 3. The quantitative estimate of drug-likeness (QED) is 0.773. The Bertz CT molecular complexity index is 638. The third kappa shape index (κ3) is 5.59. The van der Waals surface area contributed by atoms with Crippen LogP contribution in [0.2, 0.25) is 0 Å². The van der Waals surface area contributed by atoms with Crippen LogP contribution in [-0.4, -0.2) is 36.0 Å². The van der Waals surface area contributed by atoms with Gasteiger partial charge in [-0.05, 0) is 45.7 Å². The molecule has 2 amide bonds. The molecule has 1 aliphatic rings. The average Bonchev–Trinajstić information content (AvgIpc) is 3.07. The minimum absolute atomic E-state index is 0.173. The van der Waals surface area contributed by atoms with E-state index >= 15 is 0 Å². The van der Waals surface area contributed by atoms with Gasteiger partial charge in [-0.3, -0.25) is 9.59 Å². The minimum atomic E-state index is -0.883. The Hall–Kier alpha value is -2.37. The minimum Gasteiger partial charge on any atom is -0.451 e. The van der Waals surface area contributed by atoms with E-state index in [1.807, 2.05) is 13.0 Å². The number of rotatable bonds is 6. The first-order valence-electron chi connectivity index (χ1n) is 8.75. The van der Waals surface area contributed by atoms with Crippen molar-refractivity contribution >= 4 is 17.8 Å². The van der Waals surface area contributed by atoms with E-state index in [1.165, 1.54) is 13.8 Å². The molecule has 0 unspecified atom stereocenters. The molecule has 0 heterocycles. The van der Waals surface area contributed by atoms with Gasteiger partial charge in [0.15, 0.2) is 6.10 Å². The first kappa shape index (κ1) is 19.0. The Balaban J connectivity index is 1.82. The van der Waals surface area contributed by atoms with Crippen molar-refractivity contribution < 1.29 is 19.1 Å². The molecule has 1 aromatic carbocycles. The van der Waals surface area contributed by atoms with Gasteiger partial charge in [-0.25, -0.2) is 4.79 Å². The molecule has 0 radical (unpaired) electrons. The van der Waals surface area contributed by atoms with Gasteiger partial charge in [0.2, 0.25) is 0 Å². The zero-order valence-electron chi connectivity index (χ0n) is 15.0. The molecule has 0 spiro atoms. The maximum absolute atomic E-state index is 12.2. The lowest BCUT2D eigenvalue weighted by atomic mass is 10.1. The number of carbonyl (C=O) groups excluding carboxylic acids is 3. The summed E-state index contributed by atoms with van der Waals surface area (Å²) in [5.41, 5.74) is 1.44. The summed E-state index contributed by atoms with van der Waals surface area (Å²) < 4.78 is 5.18. The third-order valence-corrected chi connectivity index (χ3v) is 4.35. The second kappa shape index (κ2) is 8.65. The summed E-state index contributed by atoms with van der Waals surface area (Å²) in [7, 11) is 0. The molecule has 2 N–H and O–H groups in total. The van der Waals surface area contributed by atoms with Crippen molar-refractivity contribution in [2.24, 2.45) is 0 Å². The Labute approximate surface area is 148 Å². The van der Waals surface area contributed by atoms with Gasteiger partial charge < -0.3 is 15.4 Å². The fourth-order valence-electron chi connectivity index (χ4n) is 2.84. The summed E-state index contributed by atoms with van der Waals surface area (Å²) in [5.74, 6) is -1.27. The van der Waals surface area contributed by atoms with Crippen LogP contribution in [0.15, 0.2) is 24.3 Å². The zero-order chi connectivity index (χ0) is 18.4. The van der Waals surface area contributed by atoms with E-state index in [-0.39, 0.29) is 17.9 Å². The van der Waals surface area contributed by atoms with Gasteiger partial charge in [0.1, 0.15) is 6.04 Å². The van der Waals surface area contributed by atoms with Crippen LogP contribution in [0.5, 0.6) is 0 Å². The van der Waals surface area contributed by atoms with E-state index in [2.05, 4.69) is 10.6 Å². The van der Waals surface area contributed by atoms with Crippen molar-refractivity contribution in [3.8, 4) is 0 Å². The van der Waals surface area contributed by atoms with Crippen molar-refractivity contribution in [1.82, 2.24) is 10.6 Å². The lowest BCUT2D eigenvalue weighted by Gasteiger charge is -2.19. The van der Waals surface area contributed by atoms with E-state index in [0.717, 1.165) is 31.2 Å². The number of aryl methyl sites for hydroxylation is 1. The summed E-state index contributed by atoms with van der Waals surface area (Å²) in [6.07, 6.45) is 3.28. The lowest BCUT2D eigenvalue weighted by molar-refractivity contribution is -0.156. The summed E-state index contributed by atoms with van der Waals surface area (Å²) in [5, 5.41) is 5.49. The fourth-order valence-corrected chi connectivity index (χ4v) is 2.84. The van der Waals surface area contributed by atoms with Gasteiger partial charge in [0.05, 0.1) is 0 Å². The van der Waals surface area contributed by atoms with Gasteiger partial charge in [-0.15, -0.1) is 0 Å². The SMILES string of the molecule is Cc1cccc(C(=O)N[C@H](C)C(=O)O[C@H](C)C(=O)NC2CCCC2)c1. The highest BCUT2D eigenvalue weighted by molar-refractivity contribution is 5.97. The highest BCUT2D eigenvalue weighted by Crippen LogP contribution is 2.17. The van der Waals surface area contributed by atoms with Crippen LogP contribution < -0.4 is 10.6 Å². The normalized spacial score (nSPS) is 16.8. The number of hydrogen-bond acceptors (Lipinski definition) is 4. The van der Waals surface area contributed by atoms with Crippen LogP contribution >= 0.6 is 0 Å². The van der Waals surface area contributed by atoms with E-state index in [0.29, 0.717) is 5.56 Å². The van der Waals surface area contributed by atoms with E-state index in [1.54, 1.807) is 18.2 Å². The van der Waals surface area contributed by atoms with Crippen LogP contribution in [0.25, 0.3) is 0 Å². The molecular weight excluding hydrogens is 320 g/mol. The molecule has 1 fully saturated rings. The molecule has 1 saturated carbocycles. The first-order chi connectivity index (χ1) is 11.9. The number of nitrogens with one attached hydrogen (secondary N) is 2. The predicted octanol–water partition coefficient (Wildman–Crippen LogP) is 2.10. The summed E-state index contributed by atoms with van der Waals surface area (Å²) in [6, 6.07) is 6.42. The fraction of sp³-hybridized carbons (Fsp3) is 0.526. The number of esters is 1. The molecule has 0 bridgehead atoms. The van der Waals surface area contributed by atoms with Crippen LogP contribution in [-0.2, 0) is 14.3 Å². The molecule has 0 saturated heterocycles. The smallest absolute Gasteiger partial charge is 0.329 e. The van der Waals surface area contributed by atoms with Gasteiger partial charge in [0.25, 0.3) is 11.8 Å². The molecule has 2 rings (SSSR count). The van der Waals surface area contributed by atoms with Crippen LogP contribution in [0.4, 0.5) is 0 Å².